The molecule has 3 aromatic rings. The Hall–Kier alpha value is -3.01. The lowest BCUT2D eigenvalue weighted by Gasteiger charge is -2.29. The molecule has 0 aliphatic carbocycles. The van der Waals surface area contributed by atoms with Crippen LogP contribution >= 0.6 is 0 Å². The molecule has 3 rings (SSSR count). The van der Waals surface area contributed by atoms with Crippen molar-refractivity contribution in [2.75, 3.05) is 0 Å². The van der Waals surface area contributed by atoms with E-state index in [9.17, 15) is 13.2 Å². The Labute approximate surface area is 163 Å². The van der Waals surface area contributed by atoms with Crippen molar-refractivity contribution >= 4 is 0 Å². The van der Waals surface area contributed by atoms with Crippen LogP contribution in [-0.4, -0.2) is 11.1 Å². The third kappa shape index (κ3) is 5.74. The molecule has 0 saturated heterocycles. The van der Waals surface area contributed by atoms with Gasteiger partial charge in [-0.15, -0.1) is 0 Å². The maximum atomic E-state index is 14.0. The first kappa shape index (κ1) is 19.7. The molecule has 0 aliphatic heterocycles. The Morgan fingerprint density at radius 2 is 1.04 bits per heavy atom. The van der Waals surface area contributed by atoms with E-state index in [2.05, 4.69) is 0 Å². The number of benzene rings is 3. The van der Waals surface area contributed by atoms with E-state index in [0.717, 1.165) is 16.7 Å². The van der Waals surface area contributed by atoms with Crippen molar-refractivity contribution in [3.63, 3.8) is 0 Å². The molecule has 3 aromatic carbocycles. The van der Waals surface area contributed by atoms with Crippen molar-refractivity contribution in [2.24, 2.45) is 0 Å². The molecule has 4 heteroatoms. The molecular weight excluding hydrogens is 359 g/mol. The average Bonchev–Trinajstić information content (AvgIpc) is 2.69. The van der Waals surface area contributed by atoms with Gasteiger partial charge in [0.05, 0.1) is 0 Å². The van der Waals surface area contributed by atoms with E-state index in [4.69, 9.17) is 0 Å². The SMILES string of the molecule is FC(F)(F)/C(=C/Cc1ccccc1)N(Cc1ccccc1)Cc1ccccc1. The molecule has 0 N–H and O–H groups in total. The standard InChI is InChI=1S/C24H22F3N/c25-24(26,27)23(17-16-20-10-4-1-5-11-20)28(18-21-12-6-2-7-13-21)19-22-14-8-3-9-15-22/h1-15,17H,16,18-19H2/b23-17-. The first-order valence-corrected chi connectivity index (χ1v) is 9.16. The van der Waals surface area contributed by atoms with Crippen LogP contribution in [-0.2, 0) is 19.5 Å². The summed E-state index contributed by atoms with van der Waals surface area (Å²) in [6.07, 6.45) is -2.91. The molecule has 0 spiro atoms. The zero-order chi connectivity index (χ0) is 19.8. The molecule has 0 fully saturated rings. The molecule has 0 bridgehead atoms. The van der Waals surface area contributed by atoms with Gasteiger partial charge in [-0.05, 0) is 23.1 Å². The summed E-state index contributed by atoms with van der Waals surface area (Å²) in [7, 11) is 0. The zero-order valence-electron chi connectivity index (χ0n) is 15.4. The highest BCUT2D eigenvalue weighted by atomic mass is 19.4. The van der Waals surface area contributed by atoms with Gasteiger partial charge < -0.3 is 4.90 Å². The van der Waals surface area contributed by atoms with Gasteiger partial charge in [-0.1, -0.05) is 97.1 Å². The molecule has 144 valence electrons. The van der Waals surface area contributed by atoms with Gasteiger partial charge in [0.2, 0.25) is 0 Å². The number of allylic oxidation sites excluding steroid dienone is 2. The van der Waals surface area contributed by atoms with Gasteiger partial charge in [0, 0.05) is 13.1 Å². The molecule has 0 saturated carbocycles. The van der Waals surface area contributed by atoms with Crippen molar-refractivity contribution < 1.29 is 13.2 Å². The second-order valence-electron chi connectivity index (χ2n) is 6.60. The number of nitrogens with zero attached hydrogens (tertiary/aromatic N) is 1. The van der Waals surface area contributed by atoms with Crippen LogP contribution in [0.4, 0.5) is 13.2 Å². The lowest BCUT2D eigenvalue weighted by atomic mass is 10.1. The summed E-state index contributed by atoms with van der Waals surface area (Å²) in [5, 5.41) is 0. The molecule has 0 heterocycles. The Morgan fingerprint density at radius 1 is 0.643 bits per heavy atom. The van der Waals surface area contributed by atoms with Crippen LogP contribution < -0.4 is 0 Å². The Bertz CT molecular complexity index is 830. The third-order valence-corrected chi connectivity index (χ3v) is 4.44. The molecule has 0 radical (unpaired) electrons. The van der Waals surface area contributed by atoms with Crippen molar-refractivity contribution in [3.8, 4) is 0 Å². The van der Waals surface area contributed by atoms with Crippen molar-refractivity contribution in [1.82, 2.24) is 4.90 Å². The first-order chi connectivity index (χ1) is 13.5. The van der Waals surface area contributed by atoms with Crippen LogP contribution in [0.5, 0.6) is 0 Å². The van der Waals surface area contributed by atoms with Crippen LogP contribution in [0.25, 0.3) is 0 Å². The summed E-state index contributed by atoms with van der Waals surface area (Å²) >= 11 is 0. The fraction of sp³-hybridized carbons (Fsp3) is 0.167. The second-order valence-corrected chi connectivity index (χ2v) is 6.60. The second kappa shape index (κ2) is 9.27. The molecule has 0 aliphatic rings. The average molecular weight is 381 g/mol. The topological polar surface area (TPSA) is 3.24 Å². The summed E-state index contributed by atoms with van der Waals surface area (Å²) in [6.45, 7) is 0.381. The lowest BCUT2D eigenvalue weighted by molar-refractivity contribution is -0.113. The number of hydrogen-bond acceptors (Lipinski definition) is 1. The van der Waals surface area contributed by atoms with Crippen LogP contribution in [0.3, 0.4) is 0 Å². The summed E-state index contributed by atoms with van der Waals surface area (Å²) in [5.74, 6) is 0. The van der Waals surface area contributed by atoms with Gasteiger partial charge in [-0.25, -0.2) is 0 Å². The maximum absolute atomic E-state index is 14.0. The number of alkyl halides is 3. The quantitative estimate of drug-likeness (QED) is 0.459. The maximum Gasteiger partial charge on any atom is 0.430 e. The minimum Gasteiger partial charge on any atom is -0.359 e. The first-order valence-electron chi connectivity index (χ1n) is 9.16. The molecule has 1 nitrogen and oxygen atoms in total. The number of rotatable bonds is 7. The molecule has 0 amide bonds. The highest BCUT2D eigenvalue weighted by Crippen LogP contribution is 2.31. The lowest BCUT2D eigenvalue weighted by Crippen LogP contribution is -2.31. The van der Waals surface area contributed by atoms with Gasteiger partial charge in [0.25, 0.3) is 0 Å². The third-order valence-electron chi connectivity index (χ3n) is 4.44. The van der Waals surface area contributed by atoms with E-state index in [1.165, 1.54) is 11.0 Å². The van der Waals surface area contributed by atoms with Gasteiger partial charge in [0.15, 0.2) is 0 Å². The summed E-state index contributed by atoms with van der Waals surface area (Å²) in [5.41, 5.74) is 1.93. The minimum atomic E-state index is -4.43. The summed E-state index contributed by atoms with van der Waals surface area (Å²) < 4.78 is 41.9. The highest BCUT2D eigenvalue weighted by molar-refractivity contribution is 5.24. The van der Waals surface area contributed by atoms with E-state index < -0.39 is 11.9 Å². The van der Waals surface area contributed by atoms with E-state index >= 15 is 0 Å². The van der Waals surface area contributed by atoms with Gasteiger partial charge >= 0.3 is 6.18 Å². The minimum absolute atomic E-state index is 0.190. The smallest absolute Gasteiger partial charge is 0.359 e. The molecule has 0 atom stereocenters. The molecule has 0 aromatic heterocycles. The van der Waals surface area contributed by atoms with E-state index in [-0.39, 0.29) is 19.5 Å². The molecule has 28 heavy (non-hydrogen) atoms. The highest BCUT2D eigenvalue weighted by Gasteiger charge is 2.37. The molecular formula is C24H22F3N. The van der Waals surface area contributed by atoms with Crippen molar-refractivity contribution in [3.05, 3.63) is 119 Å². The monoisotopic (exact) mass is 381 g/mol. The summed E-state index contributed by atoms with van der Waals surface area (Å²) in [4.78, 5) is 1.41. The van der Waals surface area contributed by atoms with E-state index in [1.54, 1.807) is 0 Å². The van der Waals surface area contributed by atoms with Crippen molar-refractivity contribution in [2.45, 2.75) is 25.7 Å². The van der Waals surface area contributed by atoms with E-state index in [1.807, 2.05) is 91.0 Å². The fourth-order valence-corrected chi connectivity index (χ4v) is 3.09. The van der Waals surface area contributed by atoms with E-state index in [0.29, 0.717) is 0 Å². The largest absolute Gasteiger partial charge is 0.430 e. The van der Waals surface area contributed by atoms with Crippen LogP contribution in [0, 0.1) is 0 Å². The Morgan fingerprint density at radius 3 is 1.43 bits per heavy atom. The number of hydrogen-bond donors (Lipinski definition) is 0. The van der Waals surface area contributed by atoms with Gasteiger partial charge in [-0.2, -0.15) is 13.2 Å². The van der Waals surface area contributed by atoms with Crippen LogP contribution in [0.1, 0.15) is 16.7 Å². The van der Waals surface area contributed by atoms with Crippen LogP contribution in [0.2, 0.25) is 0 Å². The predicted octanol–water partition coefficient (Wildman–Crippen LogP) is 6.38. The predicted molar refractivity (Wildman–Crippen MR) is 106 cm³/mol. The van der Waals surface area contributed by atoms with Crippen LogP contribution in [0.15, 0.2) is 103 Å². The normalized spacial score (nSPS) is 12.0. The van der Waals surface area contributed by atoms with Gasteiger partial charge in [0.1, 0.15) is 5.70 Å². The Balaban J connectivity index is 1.92. The van der Waals surface area contributed by atoms with Crippen molar-refractivity contribution in [1.29, 1.82) is 0 Å². The summed E-state index contributed by atoms with van der Waals surface area (Å²) in [6, 6.07) is 27.7. The fourth-order valence-electron chi connectivity index (χ4n) is 3.09. The number of halogens is 3. The Kier molecular flexibility index (Phi) is 6.53. The molecule has 0 unspecified atom stereocenters. The zero-order valence-corrected chi connectivity index (χ0v) is 15.4. The van der Waals surface area contributed by atoms with Gasteiger partial charge in [-0.3, -0.25) is 0 Å².